The molecule has 1 aliphatic rings. The molecule has 24 heavy (non-hydrogen) atoms. The third kappa shape index (κ3) is 5.50. The van der Waals surface area contributed by atoms with Crippen LogP contribution in [0.15, 0.2) is 54.6 Å². The summed E-state index contributed by atoms with van der Waals surface area (Å²) in [4.78, 5) is 11.4. The van der Waals surface area contributed by atoms with Gasteiger partial charge in [-0.25, -0.2) is 0 Å². The Kier molecular flexibility index (Phi) is 7.01. The maximum absolute atomic E-state index is 11.4. The summed E-state index contributed by atoms with van der Waals surface area (Å²) in [5, 5.41) is 3.05. The van der Waals surface area contributed by atoms with Crippen LogP contribution in [0, 0.1) is 0 Å². The van der Waals surface area contributed by atoms with E-state index in [4.69, 9.17) is 4.74 Å². The van der Waals surface area contributed by atoms with E-state index in [1.165, 1.54) is 16.7 Å². The molecule has 0 aliphatic carbocycles. The Labute approximate surface area is 145 Å². The number of carbonyl (C=O) groups is 1. The van der Waals surface area contributed by atoms with Crippen LogP contribution in [0.1, 0.15) is 44.7 Å². The van der Waals surface area contributed by atoms with Crippen LogP contribution in [0.2, 0.25) is 0 Å². The summed E-state index contributed by atoms with van der Waals surface area (Å²) in [6, 6.07) is 19.0. The Morgan fingerprint density at radius 1 is 1.00 bits per heavy atom. The molecule has 1 fully saturated rings. The molecule has 0 bridgehead atoms. The molecule has 0 aromatic heterocycles. The number of amides is 1. The number of carbonyl (C=O) groups excluding carboxylic acids is 1. The molecule has 0 spiro atoms. The number of nitrogens with one attached hydrogen (secondary N) is 1. The Hall–Kier alpha value is -2.13. The lowest BCUT2D eigenvalue weighted by molar-refractivity contribution is -0.123. The molecule has 1 aliphatic heterocycles. The first-order valence-electron chi connectivity index (χ1n) is 8.57. The fourth-order valence-electron chi connectivity index (χ4n) is 2.59. The molecule has 0 saturated carbocycles. The molecule has 3 nitrogen and oxygen atoms in total. The third-order valence-corrected chi connectivity index (χ3v) is 4.12. The number of piperidine rings is 1. The highest BCUT2D eigenvalue weighted by molar-refractivity contribution is 5.77. The van der Waals surface area contributed by atoms with Crippen LogP contribution >= 0.6 is 0 Å². The molecule has 1 unspecified atom stereocenters. The first-order chi connectivity index (χ1) is 11.6. The van der Waals surface area contributed by atoms with Gasteiger partial charge in [0.15, 0.2) is 0 Å². The number of ether oxygens (including phenoxy) is 1. The summed E-state index contributed by atoms with van der Waals surface area (Å²) in [6.45, 7) is 4.00. The zero-order chi connectivity index (χ0) is 17.4. The van der Waals surface area contributed by atoms with Crippen molar-refractivity contribution in [2.45, 2.75) is 45.3 Å². The van der Waals surface area contributed by atoms with Gasteiger partial charge in [-0.15, -0.1) is 0 Å². The number of methoxy groups -OCH3 is 1. The van der Waals surface area contributed by atoms with Crippen LogP contribution in [0.4, 0.5) is 0 Å². The summed E-state index contributed by atoms with van der Waals surface area (Å²) < 4.78 is 4.75. The highest BCUT2D eigenvalue weighted by atomic mass is 16.5. The first-order valence-corrected chi connectivity index (χ1v) is 8.57. The van der Waals surface area contributed by atoms with Crippen molar-refractivity contribution in [1.82, 2.24) is 5.32 Å². The monoisotopic (exact) mass is 325 g/mol. The van der Waals surface area contributed by atoms with E-state index < -0.39 is 0 Å². The Morgan fingerprint density at radius 2 is 1.58 bits per heavy atom. The normalized spacial score (nSPS) is 17.0. The first kappa shape index (κ1) is 18.2. The van der Waals surface area contributed by atoms with Crippen molar-refractivity contribution in [3.8, 4) is 11.1 Å². The second-order valence-corrected chi connectivity index (χ2v) is 6.28. The van der Waals surface area contributed by atoms with Crippen molar-refractivity contribution >= 4 is 5.91 Å². The van der Waals surface area contributed by atoms with Crippen LogP contribution in [0.3, 0.4) is 0 Å². The Morgan fingerprint density at radius 3 is 2.12 bits per heavy atom. The van der Waals surface area contributed by atoms with Gasteiger partial charge in [0, 0.05) is 13.5 Å². The summed E-state index contributed by atoms with van der Waals surface area (Å²) in [5.74, 6) is 0.170. The molecule has 1 atom stereocenters. The van der Waals surface area contributed by atoms with Gasteiger partial charge in [0.05, 0.1) is 12.1 Å². The molecule has 0 radical (unpaired) electrons. The summed E-state index contributed by atoms with van der Waals surface area (Å²) in [5.41, 5.74) is 3.64. The third-order valence-electron chi connectivity index (χ3n) is 4.12. The summed E-state index contributed by atoms with van der Waals surface area (Å²) in [6.07, 6.45) is 3.07. The zero-order valence-corrected chi connectivity index (χ0v) is 14.8. The molecule has 128 valence electrons. The van der Waals surface area contributed by atoms with E-state index in [2.05, 4.69) is 41.7 Å². The molecule has 2 aromatic carbocycles. The van der Waals surface area contributed by atoms with Crippen molar-refractivity contribution in [3.05, 3.63) is 60.2 Å². The minimum atomic E-state index is 0.170. The molecule has 2 aromatic rings. The molecule has 3 rings (SSSR count). The van der Waals surface area contributed by atoms with Gasteiger partial charge >= 0.3 is 0 Å². The minimum Gasteiger partial charge on any atom is -0.382 e. The predicted molar refractivity (Wildman–Crippen MR) is 98.8 cm³/mol. The number of hydrogen-bond acceptors (Lipinski definition) is 2. The summed E-state index contributed by atoms with van der Waals surface area (Å²) in [7, 11) is 1.70. The maximum atomic E-state index is 11.4. The van der Waals surface area contributed by atoms with Gasteiger partial charge in [-0.2, -0.15) is 0 Å². The molecule has 1 amide bonds. The molecule has 3 heteroatoms. The van der Waals surface area contributed by atoms with Crippen molar-refractivity contribution in [2.24, 2.45) is 0 Å². The molecule has 1 saturated heterocycles. The van der Waals surface area contributed by atoms with Gasteiger partial charge < -0.3 is 10.1 Å². The number of hydrogen-bond donors (Lipinski definition) is 1. The smallest absolute Gasteiger partial charge is 0.220 e. The lowest BCUT2D eigenvalue weighted by Crippen LogP contribution is -2.32. The summed E-state index contributed by atoms with van der Waals surface area (Å²) >= 11 is 0. The quantitative estimate of drug-likeness (QED) is 0.885. The minimum absolute atomic E-state index is 0.170. The number of benzene rings is 2. The van der Waals surface area contributed by atoms with Crippen LogP contribution in [0.5, 0.6) is 0 Å². The molecular weight excluding hydrogens is 298 g/mol. The average molecular weight is 325 g/mol. The van der Waals surface area contributed by atoms with E-state index >= 15 is 0 Å². The van der Waals surface area contributed by atoms with Gasteiger partial charge in [-0.05, 0) is 43.4 Å². The Bertz CT molecular complexity index is 620. The van der Waals surface area contributed by atoms with Gasteiger partial charge in [0.1, 0.15) is 0 Å². The standard InChI is InChI=1S/C17H17NO.C4H10O/c19-17-8-4-7-16(18-17)15-11-9-14(10-12-15)13-5-2-1-3-6-13;1-4(2)5-3/h1-3,5-6,9-12,16H,4,7-8H2,(H,18,19);4H,1-3H3. The van der Waals surface area contributed by atoms with E-state index in [1.807, 2.05) is 32.0 Å². The lowest BCUT2D eigenvalue weighted by Gasteiger charge is -2.23. The van der Waals surface area contributed by atoms with Crippen molar-refractivity contribution in [1.29, 1.82) is 0 Å². The van der Waals surface area contributed by atoms with Crippen LogP contribution in [0.25, 0.3) is 11.1 Å². The van der Waals surface area contributed by atoms with Crippen LogP contribution < -0.4 is 5.32 Å². The fraction of sp³-hybridized carbons (Fsp3) is 0.381. The topological polar surface area (TPSA) is 38.3 Å². The van der Waals surface area contributed by atoms with Crippen LogP contribution in [-0.4, -0.2) is 19.1 Å². The fourth-order valence-corrected chi connectivity index (χ4v) is 2.59. The molecule has 1 heterocycles. The van der Waals surface area contributed by atoms with E-state index in [0.717, 1.165) is 12.8 Å². The maximum Gasteiger partial charge on any atom is 0.220 e. The van der Waals surface area contributed by atoms with Crippen molar-refractivity contribution < 1.29 is 9.53 Å². The van der Waals surface area contributed by atoms with Gasteiger partial charge in [-0.1, -0.05) is 54.6 Å². The SMILES string of the molecule is COC(C)C.O=C1CCCC(c2ccc(-c3ccccc3)cc2)N1. The molecular formula is C21H27NO2. The molecule has 1 N–H and O–H groups in total. The van der Waals surface area contributed by atoms with Gasteiger partial charge in [0.2, 0.25) is 5.91 Å². The zero-order valence-electron chi connectivity index (χ0n) is 14.8. The lowest BCUT2D eigenvalue weighted by atomic mass is 9.95. The Balaban J connectivity index is 0.000000368. The van der Waals surface area contributed by atoms with E-state index in [-0.39, 0.29) is 11.9 Å². The second kappa shape index (κ2) is 9.24. The highest BCUT2D eigenvalue weighted by Gasteiger charge is 2.19. The van der Waals surface area contributed by atoms with E-state index in [0.29, 0.717) is 12.5 Å². The van der Waals surface area contributed by atoms with E-state index in [9.17, 15) is 4.79 Å². The average Bonchev–Trinajstić information content (AvgIpc) is 2.63. The predicted octanol–water partition coefficient (Wildman–Crippen LogP) is 4.74. The van der Waals surface area contributed by atoms with Crippen LogP contribution in [-0.2, 0) is 9.53 Å². The largest absolute Gasteiger partial charge is 0.382 e. The van der Waals surface area contributed by atoms with Crippen molar-refractivity contribution in [2.75, 3.05) is 7.11 Å². The van der Waals surface area contributed by atoms with Gasteiger partial charge in [-0.3, -0.25) is 4.79 Å². The van der Waals surface area contributed by atoms with Crippen molar-refractivity contribution in [3.63, 3.8) is 0 Å². The highest BCUT2D eigenvalue weighted by Crippen LogP contribution is 2.26. The van der Waals surface area contributed by atoms with Gasteiger partial charge in [0.25, 0.3) is 0 Å². The number of rotatable bonds is 3. The second-order valence-electron chi connectivity index (χ2n) is 6.28. The van der Waals surface area contributed by atoms with E-state index in [1.54, 1.807) is 7.11 Å².